The van der Waals surface area contributed by atoms with Gasteiger partial charge in [0.15, 0.2) is 0 Å². The van der Waals surface area contributed by atoms with Crippen molar-refractivity contribution in [2.24, 2.45) is 5.73 Å². The molecule has 0 aliphatic carbocycles. The molecule has 0 aliphatic heterocycles. The highest BCUT2D eigenvalue weighted by Crippen LogP contribution is 2.06. The molecule has 0 aliphatic rings. The minimum atomic E-state index is 0.0960. The molecule has 0 spiro atoms. The van der Waals surface area contributed by atoms with Gasteiger partial charge >= 0.3 is 0 Å². The molecule has 1 rings (SSSR count). The maximum absolute atomic E-state index is 8.58. The summed E-state index contributed by atoms with van der Waals surface area (Å²) >= 11 is 4.65. The van der Waals surface area contributed by atoms with Gasteiger partial charge in [-0.1, -0.05) is 12.2 Å². The van der Waals surface area contributed by atoms with Crippen LogP contribution in [-0.4, -0.2) is 4.99 Å². The minimum Gasteiger partial charge on any atom is -0.472 e. The number of rotatable bonds is 2. The van der Waals surface area contributed by atoms with Gasteiger partial charge in [-0.25, -0.2) is 0 Å². The van der Waals surface area contributed by atoms with Crippen LogP contribution >= 0.6 is 12.2 Å². The van der Waals surface area contributed by atoms with Crippen LogP contribution in [0.1, 0.15) is 5.56 Å². The second-order valence-electron chi connectivity index (χ2n) is 2.09. The van der Waals surface area contributed by atoms with Gasteiger partial charge in [-0.15, -0.1) is 0 Å². The summed E-state index contributed by atoms with van der Waals surface area (Å²) in [7, 11) is 0. The third kappa shape index (κ3) is 1.94. The average Bonchev–Trinajstić information content (AvgIpc) is 2.51. The van der Waals surface area contributed by atoms with Crippen LogP contribution in [-0.2, 0) is 0 Å². The number of hydrogen-bond donors (Lipinski definition) is 1. The van der Waals surface area contributed by atoms with Crippen molar-refractivity contribution in [2.45, 2.75) is 0 Å². The highest BCUT2D eigenvalue weighted by Gasteiger charge is 1.99. The van der Waals surface area contributed by atoms with Crippen LogP contribution in [0, 0.1) is 11.3 Å². The highest BCUT2D eigenvalue weighted by atomic mass is 32.1. The molecule has 1 aromatic heterocycles. The van der Waals surface area contributed by atoms with Crippen molar-refractivity contribution in [3.05, 3.63) is 29.7 Å². The molecule has 1 aromatic rings. The summed E-state index contributed by atoms with van der Waals surface area (Å²) in [4.78, 5) is 0.0960. The predicted octanol–water partition coefficient (Wildman–Crippen LogP) is 1.47. The van der Waals surface area contributed by atoms with Gasteiger partial charge in [-0.3, -0.25) is 0 Å². The molecule has 0 atom stereocenters. The molecule has 0 bridgehead atoms. The number of nitriles is 1. The molecule has 0 amide bonds. The Morgan fingerprint density at radius 1 is 1.75 bits per heavy atom. The molecule has 3 nitrogen and oxygen atoms in total. The van der Waals surface area contributed by atoms with E-state index < -0.39 is 0 Å². The third-order valence-electron chi connectivity index (χ3n) is 1.24. The Kier molecular flexibility index (Phi) is 2.62. The van der Waals surface area contributed by atoms with Crippen molar-refractivity contribution in [1.82, 2.24) is 0 Å². The zero-order chi connectivity index (χ0) is 8.97. The quantitative estimate of drug-likeness (QED) is 0.423. The van der Waals surface area contributed by atoms with E-state index >= 15 is 0 Å². The number of nitrogens with zero attached hydrogens (tertiary/aromatic N) is 1. The SMILES string of the molecule is N#CC(=Cc1ccoc1)C(N)=S. The summed E-state index contributed by atoms with van der Waals surface area (Å²) in [5, 5.41) is 8.58. The minimum absolute atomic E-state index is 0.0960. The second kappa shape index (κ2) is 3.69. The summed E-state index contributed by atoms with van der Waals surface area (Å²) in [6.07, 6.45) is 4.60. The van der Waals surface area contributed by atoms with Gasteiger partial charge in [0.1, 0.15) is 11.1 Å². The molecule has 0 aromatic carbocycles. The first kappa shape index (κ1) is 8.50. The lowest BCUT2D eigenvalue weighted by atomic mass is 10.2. The van der Waals surface area contributed by atoms with Gasteiger partial charge in [0, 0.05) is 5.56 Å². The Hall–Kier alpha value is -1.60. The lowest BCUT2D eigenvalue weighted by Crippen LogP contribution is -2.09. The zero-order valence-electron chi connectivity index (χ0n) is 6.15. The molecule has 60 valence electrons. The summed E-state index contributed by atoms with van der Waals surface area (Å²) in [5.41, 5.74) is 6.33. The van der Waals surface area contributed by atoms with Gasteiger partial charge in [0.25, 0.3) is 0 Å². The van der Waals surface area contributed by atoms with E-state index in [-0.39, 0.29) is 10.6 Å². The van der Waals surface area contributed by atoms with E-state index in [0.29, 0.717) is 0 Å². The van der Waals surface area contributed by atoms with Crippen LogP contribution < -0.4 is 5.73 Å². The first-order valence-electron chi connectivity index (χ1n) is 3.18. The van der Waals surface area contributed by atoms with Crippen LogP contribution in [0.4, 0.5) is 0 Å². The summed E-state index contributed by atoms with van der Waals surface area (Å²) in [5.74, 6) is 0. The molecule has 4 heteroatoms. The van der Waals surface area contributed by atoms with Crippen LogP contribution in [0.2, 0.25) is 0 Å². The fourth-order valence-electron chi connectivity index (χ4n) is 0.682. The van der Waals surface area contributed by atoms with Gasteiger partial charge in [-0.05, 0) is 12.1 Å². The summed E-state index contributed by atoms with van der Waals surface area (Å²) in [6.45, 7) is 0. The first-order chi connectivity index (χ1) is 5.74. The van der Waals surface area contributed by atoms with Crippen molar-refractivity contribution in [2.75, 3.05) is 0 Å². The largest absolute Gasteiger partial charge is 0.472 e. The van der Waals surface area contributed by atoms with Crippen molar-refractivity contribution in [3.63, 3.8) is 0 Å². The van der Waals surface area contributed by atoms with Gasteiger partial charge in [0.2, 0.25) is 0 Å². The first-order valence-corrected chi connectivity index (χ1v) is 3.58. The van der Waals surface area contributed by atoms with Crippen LogP contribution in [0.5, 0.6) is 0 Å². The Morgan fingerprint density at radius 2 is 2.50 bits per heavy atom. The van der Waals surface area contributed by atoms with Crippen molar-refractivity contribution in [3.8, 4) is 6.07 Å². The van der Waals surface area contributed by atoms with Crippen LogP contribution in [0.3, 0.4) is 0 Å². The van der Waals surface area contributed by atoms with Gasteiger partial charge in [-0.2, -0.15) is 5.26 Å². The van der Waals surface area contributed by atoms with E-state index in [4.69, 9.17) is 15.4 Å². The van der Waals surface area contributed by atoms with E-state index in [1.54, 1.807) is 12.1 Å². The Labute approximate surface area is 75.1 Å². The molecule has 0 radical (unpaired) electrons. The topological polar surface area (TPSA) is 63.0 Å². The second-order valence-corrected chi connectivity index (χ2v) is 2.53. The van der Waals surface area contributed by atoms with Gasteiger partial charge < -0.3 is 10.2 Å². The standard InChI is InChI=1S/C8H6N2OS/c9-4-7(8(10)12)3-6-1-2-11-5-6/h1-3,5H,(H2,10,12). The molecular weight excluding hydrogens is 172 g/mol. The normalized spacial score (nSPS) is 10.8. The lowest BCUT2D eigenvalue weighted by molar-refractivity contribution is 0.567. The Morgan fingerprint density at radius 3 is 2.92 bits per heavy atom. The molecule has 0 saturated heterocycles. The maximum atomic E-state index is 8.58. The molecular formula is C8H6N2OS. The van der Waals surface area contributed by atoms with Crippen molar-refractivity contribution in [1.29, 1.82) is 5.26 Å². The average molecular weight is 178 g/mol. The fourth-order valence-corrected chi connectivity index (χ4v) is 0.787. The summed E-state index contributed by atoms with van der Waals surface area (Å²) in [6, 6.07) is 3.61. The molecule has 2 N–H and O–H groups in total. The monoisotopic (exact) mass is 178 g/mol. The van der Waals surface area contributed by atoms with E-state index in [2.05, 4.69) is 12.2 Å². The molecule has 0 saturated carbocycles. The van der Waals surface area contributed by atoms with E-state index in [0.717, 1.165) is 5.56 Å². The van der Waals surface area contributed by atoms with Crippen LogP contribution in [0.25, 0.3) is 6.08 Å². The predicted molar refractivity (Wildman–Crippen MR) is 49.1 cm³/mol. The van der Waals surface area contributed by atoms with Gasteiger partial charge in [0.05, 0.1) is 18.1 Å². The highest BCUT2D eigenvalue weighted by molar-refractivity contribution is 7.80. The third-order valence-corrected chi connectivity index (χ3v) is 1.46. The molecule has 12 heavy (non-hydrogen) atoms. The van der Waals surface area contributed by atoms with Crippen molar-refractivity contribution >= 4 is 23.3 Å². The maximum Gasteiger partial charge on any atom is 0.114 e. The van der Waals surface area contributed by atoms with E-state index in [1.807, 2.05) is 6.07 Å². The van der Waals surface area contributed by atoms with Crippen molar-refractivity contribution < 1.29 is 4.42 Å². The molecule has 0 fully saturated rings. The Balaban J connectivity index is 2.95. The van der Waals surface area contributed by atoms with Crippen LogP contribution in [0.15, 0.2) is 28.6 Å². The lowest BCUT2D eigenvalue weighted by Gasteiger charge is -1.90. The molecule has 0 unspecified atom stereocenters. The number of furan rings is 1. The summed E-state index contributed by atoms with van der Waals surface area (Å²) < 4.78 is 4.80. The molecule has 1 heterocycles. The number of thiocarbonyl (C=S) groups is 1. The van der Waals surface area contributed by atoms with E-state index in [1.165, 1.54) is 12.5 Å². The number of nitrogens with two attached hydrogens (primary N) is 1. The smallest absolute Gasteiger partial charge is 0.114 e. The number of hydrogen-bond acceptors (Lipinski definition) is 3. The Bertz CT molecular complexity index is 346. The van der Waals surface area contributed by atoms with E-state index in [9.17, 15) is 0 Å². The fraction of sp³-hybridized carbons (Fsp3) is 0. The zero-order valence-corrected chi connectivity index (χ0v) is 6.97.